The van der Waals surface area contributed by atoms with Gasteiger partial charge in [0, 0.05) is 34.4 Å². The molecule has 5 nitrogen and oxygen atoms in total. The first-order valence-electron chi connectivity index (χ1n) is 6.72. The van der Waals surface area contributed by atoms with Gasteiger partial charge in [0.1, 0.15) is 0 Å². The van der Waals surface area contributed by atoms with Crippen LogP contribution in [0.3, 0.4) is 0 Å². The van der Waals surface area contributed by atoms with Gasteiger partial charge in [0.25, 0.3) is 0 Å². The maximum Gasteiger partial charge on any atom is 0.241 e. The largest absolute Gasteiger partial charge is 0.472 e. The number of hydrogen-bond acceptors (Lipinski definition) is 5. The molecule has 0 aromatic carbocycles. The molecule has 7 heteroatoms. The maximum absolute atomic E-state index is 12.3. The third kappa shape index (κ3) is 4.41. The number of hydrogen-bond donors (Lipinski definition) is 2. The summed E-state index contributed by atoms with van der Waals surface area (Å²) in [5, 5.41) is 3.29. The van der Waals surface area contributed by atoms with Gasteiger partial charge in [-0.15, -0.1) is 11.3 Å². The van der Waals surface area contributed by atoms with Gasteiger partial charge in [-0.25, -0.2) is 13.1 Å². The zero-order valence-corrected chi connectivity index (χ0v) is 14.0. The highest BCUT2D eigenvalue weighted by molar-refractivity contribution is 7.89. The number of rotatable bonds is 7. The van der Waals surface area contributed by atoms with E-state index in [0.29, 0.717) is 17.5 Å². The Kier molecular flexibility index (Phi) is 5.21. The number of aryl methyl sites for hydroxylation is 1. The van der Waals surface area contributed by atoms with Crippen LogP contribution in [0.15, 0.2) is 34.0 Å². The second-order valence-corrected chi connectivity index (χ2v) is 8.20. The van der Waals surface area contributed by atoms with E-state index in [1.54, 1.807) is 12.1 Å². The van der Waals surface area contributed by atoms with Gasteiger partial charge in [-0.1, -0.05) is 13.8 Å². The standard InChI is InChI=1S/C14H20N2O3S2/c1-10(2)15-8-13-6-14(11(3)20-13)21(17,18)16-7-12-4-5-19-9-12/h4-6,9-10,15-16H,7-8H2,1-3H3. The average Bonchev–Trinajstić information content (AvgIpc) is 3.03. The predicted octanol–water partition coefficient (Wildman–Crippen LogP) is 2.63. The molecule has 21 heavy (non-hydrogen) atoms. The molecule has 0 unspecified atom stereocenters. The van der Waals surface area contributed by atoms with Gasteiger partial charge in [-0.2, -0.15) is 0 Å². The molecular formula is C14H20N2O3S2. The predicted molar refractivity (Wildman–Crippen MR) is 83.8 cm³/mol. The minimum absolute atomic E-state index is 0.230. The molecule has 2 heterocycles. The minimum atomic E-state index is -3.49. The van der Waals surface area contributed by atoms with Crippen LogP contribution in [0.1, 0.15) is 29.2 Å². The van der Waals surface area contributed by atoms with Crippen molar-refractivity contribution in [1.29, 1.82) is 0 Å². The number of furan rings is 1. The quantitative estimate of drug-likeness (QED) is 0.819. The molecule has 0 amide bonds. The smallest absolute Gasteiger partial charge is 0.241 e. The Labute approximate surface area is 129 Å². The lowest BCUT2D eigenvalue weighted by Gasteiger charge is -2.05. The molecule has 0 aliphatic carbocycles. The van der Waals surface area contributed by atoms with Crippen LogP contribution >= 0.6 is 11.3 Å². The van der Waals surface area contributed by atoms with Crippen molar-refractivity contribution < 1.29 is 12.8 Å². The van der Waals surface area contributed by atoms with E-state index in [4.69, 9.17) is 4.42 Å². The van der Waals surface area contributed by atoms with E-state index in [2.05, 4.69) is 23.9 Å². The Morgan fingerprint density at radius 1 is 1.33 bits per heavy atom. The summed E-state index contributed by atoms with van der Waals surface area (Å²) in [5.41, 5.74) is 0.799. The topological polar surface area (TPSA) is 71.3 Å². The molecule has 0 atom stereocenters. The van der Waals surface area contributed by atoms with Crippen molar-refractivity contribution >= 4 is 21.4 Å². The third-order valence-corrected chi connectivity index (χ3v) is 5.65. The van der Waals surface area contributed by atoms with Gasteiger partial charge >= 0.3 is 0 Å². The van der Waals surface area contributed by atoms with E-state index < -0.39 is 10.0 Å². The second-order valence-electron chi connectivity index (χ2n) is 5.12. The van der Waals surface area contributed by atoms with Crippen molar-refractivity contribution in [2.75, 3.05) is 0 Å². The van der Waals surface area contributed by atoms with Crippen molar-refractivity contribution in [2.45, 2.75) is 44.8 Å². The lowest BCUT2D eigenvalue weighted by molar-refractivity contribution is 0.561. The first-order valence-corrected chi connectivity index (χ1v) is 9.02. The van der Waals surface area contributed by atoms with Crippen LogP contribution in [-0.2, 0) is 23.1 Å². The number of thiophene rings is 1. The van der Waals surface area contributed by atoms with Crippen molar-refractivity contribution in [2.24, 2.45) is 0 Å². The zero-order valence-electron chi connectivity index (χ0n) is 12.3. The van der Waals surface area contributed by atoms with Crippen LogP contribution < -0.4 is 10.0 Å². The van der Waals surface area contributed by atoms with Crippen molar-refractivity contribution in [1.82, 2.24) is 10.0 Å². The first kappa shape index (κ1) is 16.2. The van der Waals surface area contributed by atoms with Gasteiger partial charge in [0.2, 0.25) is 10.0 Å². The summed E-state index contributed by atoms with van der Waals surface area (Å²) in [6.45, 7) is 6.86. The van der Waals surface area contributed by atoms with E-state index in [0.717, 1.165) is 15.3 Å². The first-order chi connectivity index (χ1) is 9.88. The minimum Gasteiger partial charge on any atom is -0.472 e. The molecule has 0 bridgehead atoms. The molecular weight excluding hydrogens is 308 g/mol. The Morgan fingerprint density at radius 3 is 2.71 bits per heavy atom. The zero-order chi connectivity index (χ0) is 15.5. The summed E-state index contributed by atoms with van der Waals surface area (Å²) in [6, 6.07) is 3.85. The average molecular weight is 328 g/mol. The lowest BCUT2D eigenvalue weighted by atomic mass is 10.3. The summed E-state index contributed by atoms with van der Waals surface area (Å²) in [4.78, 5) is 2.18. The summed E-state index contributed by atoms with van der Waals surface area (Å²) in [5.74, 6) is 0. The number of nitrogens with one attached hydrogen (secondary N) is 2. The van der Waals surface area contributed by atoms with Crippen molar-refractivity contribution in [3.8, 4) is 0 Å². The Balaban J connectivity index is 2.08. The highest BCUT2D eigenvalue weighted by Crippen LogP contribution is 2.25. The van der Waals surface area contributed by atoms with Gasteiger partial charge in [-0.05, 0) is 19.1 Å². The SMILES string of the molecule is Cc1sc(CNC(C)C)cc1S(=O)(=O)NCc1ccoc1. The molecule has 116 valence electrons. The third-order valence-electron chi connectivity index (χ3n) is 2.94. The van der Waals surface area contributed by atoms with E-state index in [9.17, 15) is 8.42 Å². The van der Waals surface area contributed by atoms with Gasteiger partial charge in [0.05, 0.1) is 17.4 Å². The van der Waals surface area contributed by atoms with Crippen molar-refractivity contribution in [3.63, 3.8) is 0 Å². The molecule has 2 aromatic rings. The fraction of sp³-hybridized carbons (Fsp3) is 0.429. The molecule has 2 N–H and O–H groups in total. The van der Waals surface area contributed by atoms with Crippen LogP contribution in [0.25, 0.3) is 0 Å². The van der Waals surface area contributed by atoms with Gasteiger partial charge in [0.15, 0.2) is 0 Å². The highest BCUT2D eigenvalue weighted by atomic mass is 32.2. The lowest BCUT2D eigenvalue weighted by Crippen LogP contribution is -2.23. The van der Waals surface area contributed by atoms with Gasteiger partial charge < -0.3 is 9.73 Å². The fourth-order valence-corrected chi connectivity index (χ4v) is 4.43. The van der Waals surface area contributed by atoms with E-state index in [1.807, 2.05) is 6.92 Å². The van der Waals surface area contributed by atoms with Crippen LogP contribution in [0.5, 0.6) is 0 Å². The molecule has 0 radical (unpaired) electrons. The molecule has 0 saturated carbocycles. The maximum atomic E-state index is 12.3. The Bertz CT molecular complexity index is 673. The summed E-state index contributed by atoms with van der Waals surface area (Å²) in [6.07, 6.45) is 3.05. The van der Waals surface area contributed by atoms with E-state index in [1.165, 1.54) is 23.9 Å². The van der Waals surface area contributed by atoms with Crippen LogP contribution in [-0.4, -0.2) is 14.5 Å². The fourth-order valence-electron chi connectivity index (χ4n) is 1.83. The van der Waals surface area contributed by atoms with Crippen LogP contribution in [0, 0.1) is 6.92 Å². The molecule has 0 spiro atoms. The summed E-state index contributed by atoms with van der Waals surface area (Å²) in [7, 11) is -3.49. The summed E-state index contributed by atoms with van der Waals surface area (Å²) >= 11 is 1.51. The van der Waals surface area contributed by atoms with Gasteiger partial charge in [-0.3, -0.25) is 0 Å². The molecule has 2 rings (SSSR count). The summed E-state index contributed by atoms with van der Waals surface area (Å²) < 4.78 is 32.2. The van der Waals surface area contributed by atoms with E-state index in [-0.39, 0.29) is 6.54 Å². The molecule has 0 aliphatic rings. The Hall–Kier alpha value is -1.15. The Morgan fingerprint density at radius 2 is 2.10 bits per heavy atom. The normalized spacial score (nSPS) is 12.2. The molecule has 0 aliphatic heterocycles. The van der Waals surface area contributed by atoms with Crippen molar-refractivity contribution in [3.05, 3.63) is 40.0 Å². The van der Waals surface area contributed by atoms with Crippen LogP contribution in [0.4, 0.5) is 0 Å². The molecule has 2 aromatic heterocycles. The highest BCUT2D eigenvalue weighted by Gasteiger charge is 2.19. The molecule has 0 saturated heterocycles. The monoisotopic (exact) mass is 328 g/mol. The molecule has 0 fully saturated rings. The second kappa shape index (κ2) is 6.74. The van der Waals surface area contributed by atoms with Crippen LogP contribution in [0.2, 0.25) is 0 Å². The number of sulfonamides is 1. The van der Waals surface area contributed by atoms with E-state index >= 15 is 0 Å².